The van der Waals surface area contributed by atoms with E-state index >= 15 is 0 Å². The highest BCUT2D eigenvalue weighted by Gasteiger charge is 2.33. The van der Waals surface area contributed by atoms with Crippen molar-refractivity contribution in [3.05, 3.63) is 72.1 Å². The largest absolute Gasteiger partial charge is 0.493 e. The lowest BCUT2D eigenvalue weighted by Crippen LogP contribution is -2.48. The topological polar surface area (TPSA) is 78.2 Å². The first kappa shape index (κ1) is 25.9. The number of methoxy groups -OCH3 is 1. The van der Waals surface area contributed by atoms with Crippen LogP contribution in [0.25, 0.3) is 0 Å². The summed E-state index contributed by atoms with van der Waals surface area (Å²) >= 11 is 0. The Hall–Kier alpha value is -3.14. The normalized spacial score (nSPS) is 18.6. The Labute approximate surface area is 211 Å². The first-order chi connectivity index (χ1) is 17.5. The van der Waals surface area contributed by atoms with E-state index in [4.69, 9.17) is 18.9 Å². The molecule has 1 aromatic heterocycles. The SMILES string of the molecule is CCc1nccn1CCOc1cc(CN2CCOCC(O)(COc3ccc(F)cc3)C2)ccc1OC. The molecule has 36 heavy (non-hydrogen) atoms. The number of ether oxygens (including phenoxy) is 4. The van der Waals surface area contributed by atoms with Crippen molar-refractivity contribution in [2.45, 2.75) is 32.0 Å². The lowest BCUT2D eigenvalue weighted by Gasteiger charge is -2.30. The van der Waals surface area contributed by atoms with Gasteiger partial charge in [0.2, 0.25) is 0 Å². The number of β-amino-alcohol motifs (C(OH)–C–C–N with tert-alkyl or cyclic N) is 1. The lowest BCUT2D eigenvalue weighted by molar-refractivity contribution is -0.0646. The summed E-state index contributed by atoms with van der Waals surface area (Å²) in [5, 5.41) is 11.2. The predicted octanol–water partition coefficient (Wildman–Crippen LogP) is 3.31. The van der Waals surface area contributed by atoms with Crippen LogP contribution in [0.15, 0.2) is 54.9 Å². The van der Waals surface area contributed by atoms with Gasteiger partial charge in [0.1, 0.15) is 36.2 Å². The molecule has 0 spiro atoms. The van der Waals surface area contributed by atoms with Gasteiger partial charge < -0.3 is 28.6 Å². The second-order valence-corrected chi connectivity index (χ2v) is 8.95. The number of halogens is 1. The molecule has 2 heterocycles. The van der Waals surface area contributed by atoms with Crippen molar-refractivity contribution in [1.82, 2.24) is 14.5 Å². The molecule has 2 aromatic carbocycles. The average Bonchev–Trinajstić information content (AvgIpc) is 3.25. The van der Waals surface area contributed by atoms with Gasteiger partial charge >= 0.3 is 0 Å². The van der Waals surface area contributed by atoms with E-state index in [9.17, 15) is 9.50 Å². The third kappa shape index (κ3) is 6.96. The van der Waals surface area contributed by atoms with Gasteiger partial charge in [-0.15, -0.1) is 0 Å². The molecule has 1 atom stereocenters. The van der Waals surface area contributed by atoms with Gasteiger partial charge in [-0.05, 0) is 42.0 Å². The number of aromatic nitrogens is 2. The molecule has 1 aliphatic rings. The Kier molecular flexibility index (Phi) is 8.79. The van der Waals surface area contributed by atoms with Crippen LogP contribution in [-0.2, 0) is 24.2 Å². The fraction of sp³-hybridized carbons (Fsp3) is 0.444. The minimum absolute atomic E-state index is 0.0418. The molecule has 1 saturated heterocycles. The van der Waals surface area contributed by atoms with Crippen LogP contribution in [0, 0.1) is 5.82 Å². The number of benzene rings is 2. The Balaban J connectivity index is 1.37. The zero-order chi connectivity index (χ0) is 25.4. The van der Waals surface area contributed by atoms with Gasteiger partial charge in [0.05, 0.1) is 26.9 Å². The highest BCUT2D eigenvalue weighted by molar-refractivity contribution is 5.43. The Morgan fingerprint density at radius 1 is 1.14 bits per heavy atom. The van der Waals surface area contributed by atoms with Crippen molar-refractivity contribution in [2.24, 2.45) is 0 Å². The van der Waals surface area contributed by atoms with Crippen molar-refractivity contribution in [3.63, 3.8) is 0 Å². The maximum atomic E-state index is 13.2. The van der Waals surface area contributed by atoms with E-state index in [-0.39, 0.29) is 19.0 Å². The molecule has 8 nitrogen and oxygen atoms in total. The molecule has 4 rings (SSSR count). The van der Waals surface area contributed by atoms with E-state index in [1.807, 2.05) is 24.4 Å². The summed E-state index contributed by atoms with van der Waals surface area (Å²) in [7, 11) is 1.63. The number of aryl methyl sites for hydroxylation is 1. The zero-order valence-electron chi connectivity index (χ0n) is 20.9. The van der Waals surface area contributed by atoms with Crippen LogP contribution in [0.4, 0.5) is 4.39 Å². The van der Waals surface area contributed by atoms with Crippen molar-refractivity contribution in [3.8, 4) is 17.2 Å². The summed E-state index contributed by atoms with van der Waals surface area (Å²) in [5.41, 5.74) is -0.162. The number of hydrogen-bond donors (Lipinski definition) is 1. The summed E-state index contributed by atoms with van der Waals surface area (Å²) in [4.78, 5) is 6.48. The monoisotopic (exact) mass is 499 g/mol. The minimum atomic E-state index is -1.20. The van der Waals surface area contributed by atoms with Crippen LogP contribution < -0.4 is 14.2 Å². The summed E-state index contributed by atoms with van der Waals surface area (Å²) < 4.78 is 38.2. The molecule has 0 radical (unpaired) electrons. The number of nitrogens with zero attached hydrogens (tertiary/aromatic N) is 3. The molecule has 1 unspecified atom stereocenters. The Morgan fingerprint density at radius 2 is 1.97 bits per heavy atom. The van der Waals surface area contributed by atoms with Crippen LogP contribution in [0.1, 0.15) is 18.3 Å². The third-order valence-corrected chi connectivity index (χ3v) is 6.10. The predicted molar refractivity (Wildman–Crippen MR) is 133 cm³/mol. The van der Waals surface area contributed by atoms with Crippen LogP contribution in [-0.4, -0.2) is 71.8 Å². The molecular formula is C27H34FN3O5. The third-order valence-electron chi connectivity index (χ3n) is 6.10. The fourth-order valence-corrected chi connectivity index (χ4v) is 4.27. The van der Waals surface area contributed by atoms with E-state index in [1.165, 1.54) is 12.1 Å². The minimum Gasteiger partial charge on any atom is -0.493 e. The molecule has 0 aliphatic carbocycles. The molecule has 194 valence electrons. The van der Waals surface area contributed by atoms with E-state index in [2.05, 4.69) is 21.4 Å². The van der Waals surface area contributed by atoms with Gasteiger partial charge in [0, 0.05) is 38.4 Å². The van der Waals surface area contributed by atoms with E-state index < -0.39 is 5.60 Å². The van der Waals surface area contributed by atoms with Crippen molar-refractivity contribution in [2.75, 3.05) is 46.6 Å². The van der Waals surface area contributed by atoms with E-state index in [0.717, 1.165) is 17.8 Å². The molecular weight excluding hydrogens is 465 g/mol. The van der Waals surface area contributed by atoms with Gasteiger partial charge in [-0.2, -0.15) is 0 Å². The van der Waals surface area contributed by atoms with Crippen LogP contribution in [0.3, 0.4) is 0 Å². The maximum Gasteiger partial charge on any atom is 0.161 e. The average molecular weight is 500 g/mol. The molecule has 3 aromatic rings. The lowest BCUT2D eigenvalue weighted by atomic mass is 10.1. The molecule has 0 bridgehead atoms. The van der Waals surface area contributed by atoms with Crippen molar-refractivity contribution >= 4 is 0 Å². The number of aliphatic hydroxyl groups is 1. The summed E-state index contributed by atoms with van der Waals surface area (Å²) in [6.07, 6.45) is 4.63. The summed E-state index contributed by atoms with van der Waals surface area (Å²) in [6.45, 7) is 5.61. The second-order valence-electron chi connectivity index (χ2n) is 8.95. The van der Waals surface area contributed by atoms with Gasteiger partial charge in [0.15, 0.2) is 11.5 Å². The van der Waals surface area contributed by atoms with Crippen molar-refractivity contribution in [1.29, 1.82) is 0 Å². The molecule has 1 N–H and O–H groups in total. The smallest absolute Gasteiger partial charge is 0.161 e. The zero-order valence-corrected chi connectivity index (χ0v) is 20.9. The van der Waals surface area contributed by atoms with Crippen molar-refractivity contribution < 1.29 is 28.4 Å². The number of hydrogen-bond acceptors (Lipinski definition) is 7. The van der Waals surface area contributed by atoms with Gasteiger partial charge in [-0.1, -0.05) is 13.0 Å². The van der Waals surface area contributed by atoms with E-state index in [0.29, 0.717) is 56.6 Å². The molecule has 9 heteroatoms. The number of rotatable bonds is 11. The van der Waals surface area contributed by atoms with E-state index in [1.54, 1.807) is 25.4 Å². The second kappa shape index (κ2) is 12.2. The Morgan fingerprint density at radius 3 is 2.75 bits per heavy atom. The summed E-state index contributed by atoms with van der Waals surface area (Å²) in [5.74, 6) is 2.54. The molecule has 0 saturated carbocycles. The highest BCUT2D eigenvalue weighted by Crippen LogP contribution is 2.29. The Bertz CT molecular complexity index is 1110. The van der Waals surface area contributed by atoms with Crippen LogP contribution in [0.2, 0.25) is 0 Å². The standard InChI is InChI=1S/C27H34FN3O5/c1-3-26-29-10-11-31(26)13-15-35-25-16-21(4-9-24(25)33-2)17-30-12-14-34-19-27(32,18-30)20-36-23-7-5-22(28)6-8-23/h4-11,16,32H,3,12-15,17-20H2,1-2H3. The molecule has 1 aliphatic heterocycles. The number of imidazole rings is 1. The van der Waals surface area contributed by atoms with Gasteiger partial charge in [0.25, 0.3) is 0 Å². The highest BCUT2D eigenvalue weighted by atomic mass is 19.1. The fourth-order valence-electron chi connectivity index (χ4n) is 4.27. The molecule has 0 amide bonds. The first-order valence-electron chi connectivity index (χ1n) is 12.2. The summed E-state index contributed by atoms with van der Waals surface area (Å²) in [6, 6.07) is 11.6. The first-order valence-corrected chi connectivity index (χ1v) is 12.2. The van der Waals surface area contributed by atoms with Crippen LogP contribution >= 0.6 is 0 Å². The van der Waals surface area contributed by atoms with Gasteiger partial charge in [-0.25, -0.2) is 9.37 Å². The van der Waals surface area contributed by atoms with Crippen LogP contribution in [0.5, 0.6) is 17.2 Å². The molecule has 1 fully saturated rings. The maximum absolute atomic E-state index is 13.2. The quantitative estimate of drug-likeness (QED) is 0.434. The van der Waals surface area contributed by atoms with Gasteiger partial charge in [-0.3, -0.25) is 4.90 Å².